The van der Waals surface area contributed by atoms with E-state index in [1.54, 1.807) is 0 Å². The Balaban J connectivity index is 1.90. The molecule has 0 radical (unpaired) electrons. The number of carboxylic acids is 1. The summed E-state index contributed by atoms with van der Waals surface area (Å²) in [6.45, 7) is 0.719. The molecular formula is C12H12O5. The molecule has 0 bridgehead atoms. The Bertz CT molecular complexity index is 464. The summed E-state index contributed by atoms with van der Waals surface area (Å²) >= 11 is 0. The molecule has 1 fully saturated rings. The van der Waals surface area contributed by atoms with Crippen molar-refractivity contribution in [3.8, 4) is 17.2 Å². The first kappa shape index (κ1) is 10.3. The SMILES string of the molecule is O=C(O)c1cc2c(c(OCC3CC3)c1)OCO2. The maximum atomic E-state index is 11.0. The van der Waals surface area contributed by atoms with E-state index in [1.165, 1.54) is 25.0 Å². The van der Waals surface area contributed by atoms with Crippen molar-refractivity contribution in [1.82, 2.24) is 0 Å². The van der Waals surface area contributed by atoms with Crippen molar-refractivity contribution in [2.24, 2.45) is 5.92 Å². The van der Waals surface area contributed by atoms with Crippen molar-refractivity contribution in [2.45, 2.75) is 12.8 Å². The van der Waals surface area contributed by atoms with Crippen molar-refractivity contribution < 1.29 is 24.1 Å². The van der Waals surface area contributed by atoms with Gasteiger partial charge in [-0.1, -0.05) is 0 Å². The zero-order valence-electron chi connectivity index (χ0n) is 9.14. The number of rotatable bonds is 4. The van der Waals surface area contributed by atoms with Gasteiger partial charge in [0.15, 0.2) is 11.5 Å². The van der Waals surface area contributed by atoms with Crippen molar-refractivity contribution in [3.63, 3.8) is 0 Å². The Labute approximate surface area is 97.9 Å². The summed E-state index contributed by atoms with van der Waals surface area (Å²) in [5.74, 6) is 1.01. The predicted molar refractivity (Wildman–Crippen MR) is 57.7 cm³/mol. The molecule has 1 aromatic carbocycles. The molecule has 0 aromatic heterocycles. The molecule has 5 heteroatoms. The summed E-state index contributed by atoms with van der Waals surface area (Å²) in [5, 5.41) is 8.98. The lowest BCUT2D eigenvalue weighted by atomic mass is 10.2. The molecule has 90 valence electrons. The van der Waals surface area contributed by atoms with Crippen LogP contribution in [0.4, 0.5) is 0 Å². The Morgan fingerprint density at radius 2 is 2.24 bits per heavy atom. The van der Waals surface area contributed by atoms with E-state index in [1.807, 2.05) is 0 Å². The minimum absolute atomic E-state index is 0.109. The number of carbonyl (C=O) groups is 1. The van der Waals surface area contributed by atoms with Crippen LogP contribution in [0.1, 0.15) is 23.2 Å². The summed E-state index contributed by atoms with van der Waals surface area (Å²) in [7, 11) is 0. The third-order valence-corrected chi connectivity index (χ3v) is 2.86. The molecule has 0 amide bonds. The fourth-order valence-electron chi connectivity index (χ4n) is 1.70. The Hall–Kier alpha value is -1.91. The van der Waals surface area contributed by atoms with E-state index >= 15 is 0 Å². The summed E-state index contributed by atoms with van der Waals surface area (Å²) in [6, 6.07) is 2.94. The van der Waals surface area contributed by atoms with Crippen molar-refractivity contribution in [1.29, 1.82) is 0 Å². The summed E-state index contributed by atoms with van der Waals surface area (Å²) in [5.41, 5.74) is 0.153. The average Bonchev–Trinajstić information content (AvgIpc) is 3.01. The molecule has 5 nitrogen and oxygen atoms in total. The van der Waals surface area contributed by atoms with Gasteiger partial charge >= 0.3 is 5.97 Å². The van der Waals surface area contributed by atoms with Crippen LogP contribution in [0.5, 0.6) is 17.2 Å². The van der Waals surface area contributed by atoms with E-state index in [2.05, 4.69) is 0 Å². The van der Waals surface area contributed by atoms with Crippen LogP contribution in [0, 0.1) is 5.92 Å². The molecule has 0 saturated heterocycles. The van der Waals surface area contributed by atoms with Crippen LogP contribution in [-0.2, 0) is 0 Å². The first-order valence-corrected chi connectivity index (χ1v) is 5.54. The maximum absolute atomic E-state index is 11.0. The lowest BCUT2D eigenvalue weighted by molar-refractivity contribution is 0.0696. The molecule has 3 rings (SSSR count). The molecule has 1 saturated carbocycles. The van der Waals surface area contributed by atoms with E-state index in [9.17, 15) is 4.79 Å². The minimum Gasteiger partial charge on any atom is -0.489 e. The molecule has 1 aliphatic heterocycles. The van der Waals surface area contributed by atoms with Crippen molar-refractivity contribution in [2.75, 3.05) is 13.4 Å². The van der Waals surface area contributed by atoms with Gasteiger partial charge in [-0.2, -0.15) is 0 Å². The second-order valence-corrected chi connectivity index (χ2v) is 4.27. The van der Waals surface area contributed by atoms with Gasteiger partial charge in [0.2, 0.25) is 12.5 Å². The second kappa shape index (κ2) is 3.84. The number of ether oxygens (including phenoxy) is 3. The first-order chi connectivity index (χ1) is 8.24. The smallest absolute Gasteiger partial charge is 0.335 e. The molecule has 1 N–H and O–H groups in total. The number of benzene rings is 1. The number of fused-ring (bicyclic) bond motifs is 1. The first-order valence-electron chi connectivity index (χ1n) is 5.54. The normalized spacial score (nSPS) is 16.9. The summed E-state index contributed by atoms with van der Waals surface area (Å²) < 4.78 is 16.1. The maximum Gasteiger partial charge on any atom is 0.335 e. The second-order valence-electron chi connectivity index (χ2n) is 4.27. The number of hydrogen-bond donors (Lipinski definition) is 1. The van der Waals surface area contributed by atoms with Gasteiger partial charge in [0.25, 0.3) is 0 Å². The van der Waals surface area contributed by atoms with Crippen LogP contribution in [-0.4, -0.2) is 24.5 Å². The van der Waals surface area contributed by atoms with Gasteiger partial charge in [-0.05, 0) is 30.9 Å². The van der Waals surface area contributed by atoms with E-state index < -0.39 is 5.97 Å². The van der Waals surface area contributed by atoms with Crippen LogP contribution in [0.25, 0.3) is 0 Å². The van der Waals surface area contributed by atoms with Crippen molar-refractivity contribution in [3.05, 3.63) is 17.7 Å². The van der Waals surface area contributed by atoms with Gasteiger partial charge in [-0.25, -0.2) is 4.79 Å². The molecule has 1 aromatic rings. The van der Waals surface area contributed by atoms with Crippen LogP contribution in [0.15, 0.2) is 12.1 Å². The third-order valence-electron chi connectivity index (χ3n) is 2.86. The highest BCUT2D eigenvalue weighted by molar-refractivity contribution is 5.89. The van der Waals surface area contributed by atoms with Gasteiger partial charge in [-0.3, -0.25) is 0 Å². The molecule has 0 unspecified atom stereocenters. The number of aromatic carboxylic acids is 1. The Kier molecular flexibility index (Phi) is 2.31. The lowest BCUT2D eigenvalue weighted by Crippen LogP contribution is -2.02. The van der Waals surface area contributed by atoms with Crippen molar-refractivity contribution >= 4 is 5.97 Å². The molecule has 2 aliphatic rings. The standard InChI is InChI=1S/C12H12O5/c13-12(14)8-3-9(15-5-7-1-2-7)11-10(4-8)16-6-17-11/h3-4,7H,1-2,5-6H2,(H,13,14). The van der Waals surface area contributed by atoms with Crippen LogP contribution in [0.3, 0.4) is 0 Å². The van der Waals surface area contributed by atoms with Crippen LogP contribution in [0.2, 0.25) is 0 Å². The molecule has 0 atom stereocenters. The molecule has 1 aliphatic carbocycles. The summed E-state index contributed by atoms with van der Waals surface area (Å²) in [6.07, 6.45) is 2.36. The highest BCUT2D eigenvalue weighted by Gasteiger charge is 2.26. The monoisotopic (exact) mass is 236 g/mol. The largest absolute Gasteiger partial charge is 0.489 e. The van der Waals surface area contributed by atoms with Crippen LogP contribution < -0.4 is 14.2 Å². The summed E-state index contributed by atoms with van der Waals surface area (Å²) in [4.78, 5) is 11.0. The van der Waals surface area contributed by atoms with Gasteiger partial charge in [0.1, 0.15) is 0 Å². The lowest BCUT2D eigenvalue weighted by Gasteiger charge is -2.09. The van der Waals surface area contributed by atoms with Gasteiger partial charge in [0.05, 0.1) is 12.2 Å². The van der Waals surface area contributed by atoms with Crippen LogP contribution >= 0.6 is 0 Å². The molecule has 17 heavy (non-hydrogen) atoms. The van der Waals surface area contributed by atoms with E-state index in [0.29, 0.717) is 29.8 Å². The quantitative estimate of drug-likeness (QED) is 0.864. The Morgan fingerprint density at radius 1 is 1.41 bits per heavy atom. The van der Waals surface area contributed by atoms with E-state index in [4.69, 9.17) is 19.3 Å². The fraction of sp³-hybridized carbons (Fsp3) is 0.417. The van der Waals surface area contributed by atoms with Gasteiger partial charge < -0.3 is 19.3 Å². The minimum atomic E-state index is -1.00. The zero-order valence-corrected chi connectivity index (χ0v) is 9.14. The number of carboxylic acid groups (broad SMARTS) is 1. The van der Waals surface area contributed by atoms with E-state index in [0.717, 1.165) is 0 Å². The molecule has 0 spiro atoms. The topological polar surface area (TPSA) is 65.0 Å². The highest BCUT2D eigenvalue weighted by Crippen LogP contribution is 2.43. The third kappa shape index (κ3) is 2.00. The molecular weight excluding hydrogens is 224 g/mol. The predicted octanol–water partition coefficient (Wildman–Crippen LogP) is 1.90. The Morgan fingerprint density at radius 3 is 2.94 bits per heavy atom. The highest BCUT2D eigenvalue weighted by atomic mass is 16.7. The molecule has 1 heterocycles. The average molecular weight is 236 g/mol. The van der Waals surface area contributed by atoms with Gasteiger partial charge in [-0.15, -0.1) is 0 Å². The van der Waals surface area contributed by atoms with E-state index in [-0.39, 0.29) is 12.4 Å². The number of hydrogen-bond acceptors (Lipinski definition) is 4. The van der Waals surface area contributed by atoms with Gasteiger partial charge in [0, 0.05) is 0 Å². The fourth-order valence-corrected chi connectivity index (χ4v) is 1.70. The zero-order chi connectivity index (χ0) is 11.8.